The van der Waals surface area contributed by atoms with Crippen LogP contribution < -0.4 is 4.90 Å². The SMILES string of the molecule is Cc1nn(C)c2nccc(N3C[C@H](c4ccccc4)[C@](F)(CO)C3)c12. The normalized spacial score (nSPS) is 23.5. The van der Waals surface area contributed by atoms with Gasteiger partial charge >= 0.3 is 0 Å². The molecule has 5 nitrogen and oxygen atoms in total. The van der Waals surface area contributed by atoms with Gasteiger partial charge in [-0.05, 0) is 18.6 Å². The summed E-state index contributed by atoms with van der Waals surface area (Å²) in [6.07, 6.45) is 1.73. The Balaban J connectivity index is 1.78. The first-order chi connectivity index (χ1) is 12.0. The third-order valence-electron chi connectivity index (χ3n) is 5.16. The fourth-order valence-corrected chi connectivity index (χ4v) is 3.93. The van der Waals surface area contributed by atoms with E-state index in [9.17, 15) is 5.11 Å². The molecule has 0 bridgehead atoms. The number of aliphatic hydroxyl groups excluding tert-OH is 1. The highest BCUT2D eigenvalue weighted by atomic mass is 19.1. The molecule has 4 rings (SSSR count). The number of hydrogen-bond donors (Lipinski definition) is 1. The molecule has 1 N–H and O–H groups in total. The van der Waals surface area contributed by atoms with Gasteiger partial charge in [-0.1, -0.05) is 30.3 Å². The average Bonchev–Trinajstić information content (AvgIpc) is 3.14. The molecule has 0 spiro atoms. The van der Waals surface area contributed by atoms with Crippen molar-refractivity contribution >= 4 is 16.7 Å². The van der Waals surface area contributed by atoms with Gasteiger partial charge in [0.15, 0.2) is 11.3 Å². The van der Waals surface area contributed by atoms with Gasteiger partial charge in [-0.3, -0.25) is 4.68 Å². The molecule has 2 atom stereocenters. The number of aryl methyl sites for hydroxylation is 2. The molecule has 0 unspecified atom stereocenters. The molecule has 3 heterocycles. The van der Waals surface area contributed by atoms with Gasteiger partial charge in [0.05, 0.1) is 29.9 Å². The van der Waals surface area contributed by atoms with Gasteiger partial charge in [-0.2, -0.15) is 5.10 Å². The molecule has 1 saturated heterocycles. The quantitative estimate of drug-likeness (QED) is 0.796. The third-order valence-corrected chi connectivity index (χ3v) is 5.16. The summed E-state index contributed by atoms with van der Waals surface area (Å²) in [5.41, 5.74) is 1.82. The Kier molecular flexibility index (Phi) is 3.72. The number of anilines is 1. The third kappa shape index (κ3) is 2.48. The molecule has 25 heavy (non-hydrogen) atoms. The molecule has 2 aromatic heterocycles. The molecule has 1 aromatic carbocycles. The minimum atomic E-state index is -1.67. The summed E-state index contributed by atoms with van der Waals surface area (Å²) < 4.78 is 17.2. The van der Waals surface area contributed by atoms with E-state index >= 15 is 4.39 Å². The predicted molar refractivity (Wildman–Crippen MR) is 95.6 cm³/mol. The Morgan fingerprint density at radius 1 is 1.28 bits per heavy atom. The van der Waals surface area contributed by atoms with Crippen LogP contribution in [0.5, 0.6) is 0 Å². The van der Waals surface area contributed by atoms with Gasteiger partial charge in [0.25, 0.3) is 0 Å². The lowest BCUT2D eigenvalue weighted by Gasteiger charge is -2.24. The van der Waals surface area contributed by atoms with Crippen molar-refractivity contribution in [2.75, 3.05) is 24.6 Å². The molecule has 0 radical (unpaired) electrons. The maximum Gasteiger partial charge on any atom is 0.159 e. The van der Waals surface area contributed by atoms with E-state index in [2.05, 4.69) is 10.1 Å². The van der Waals surface area contributed by atoms with E-state index in [1.54, 1.807) is 10.9 Å². The Morgan fingerprint density at radius 2 is 2.04 bits per heavy atom. The second-order valence-electron chi connectivity index (χ2n) is 6.77. The summed E-state index contributed by atoms with van der Waals surface area (Å²) in [5.74, 6) is -0.376. The van der Waals surface area contributed by atoms with Crippen molar-refractivity contribution in [3.05, 3.63) is 53.9 Å². The molecular formula is C19H21FN4O. The molecule has 0 amide bonds. The van der Waals surface area contributed by atoms with E-state index in [1.807, 2.05) is 55.3 Å². The van der Waals surface area contributed by atoms with Crippen LogP contribution in [0.1, 0.15) is 17.2 Å². The van der Waals surface area contributed by atoms with Gasteiger partial charge < -0.3 is 10.0 Å². The van der Waals surface area contributed by atoms with Crippen molar-refractivity contribution in [2.45, 2.75) is 18.5 Å². The van der Waals surface area contributed by atoms with Crippen LogP contribution in [0, 0.1) is 6.92 Å². The molecule has 1 fully saturated rings. The second-order valence-corrected chi connectivity index (χ2v) is 6.77. The van der Waals surface area contributed by atoms with E-state index in [4.69, 9.17) is 0 Å². The van der Waals surface area contributed by atoms with Crippen LogP contribution in [-0.4, -0.2) is 45.2 Å². The van der Waals surface area contributed by atoms with Crippen molar-refractivity contribution in [1.29, 1.82) is 0 Å². The number of halogens is 1. The molecule has 0 saturated carbocycles. The average molecular weight is 340 g/mol. The Morgan fingerprint density at radius 3 is 2.76 bits per heavy atom. The largest absolute Gasteiger partial charge is 0.393 e. The number of aromatic nitrogens is 3. The number of benzene rings is 1. The zero-order valence-electron chi connectivity index (χ0n) is 14.4. The van der Waals surface area contributed by atoms with Gasteiger partial charge in [0.1, 0.15) is 0 Å². The van der Waals surface area contributed by atoms with Crippen molar-refractivity contribution < 1.29 is 9.50 Å². The van der Waals surface area contributed by atoms with Gasteiger partial charge in [-0.25, -0.2) is 9.37 Å². The lowest BCUT2D eigenvalue weighted by molar-refractivity contribution is 0.0752. The first-order valence-electron chi connectivity index (χ1n) is 8.41. The maximum atomic E-state index is 15.5. The smallest absolute Gasteiger partial charge is 0.159 e. The van der Waals surface area contributed by atoms with E-state index < -0.39 is 12.3 Å². The molecule has 0 aliphatic carbocycles. The zero-order valence-corrected chi connectivity index (χ0v) is 14.4. The minimum absolute atomic E-state index is 0.149. The summed E-state index contributed by atoms with van der Waals surface area (Å²) in [5, 5.41) is 15.1. The summed E-state index contributed by atoms with van der Waals surface area (Å²) in [4.78, 5) is 6.40. The summed E-state index contributed by atoms with van der Waals surface area (Å²) in [6, 6.07) is 11.5. The molecular weight excluding hydrogens is 319 g/mol. The molecule has 6 heteroatoms. The van der Waals surface area contributed by atoms with Gasteiger partial charge in [0.2, 0.25) is 0 Å². The molecule has 1 aliphatic rings. The molecule has 130 valence electrons. The second kappa shape index (κ2) is 5.81. The first-order valence-corrected chi connectivity index (χ1v) is 8.41. The standard InChI is InChI=1S/C19H21FN4O/c1-13-17-16(8-9-21-18(17)23(2)22-13)24-10-15(19(20,11-24)12-25)14-6-4-3-5-7-14/h3-9,15,25H,10-12H2,1-2H3/t15-,19-/m1/s1. The highest BCUT2D eigenvalue weighted by Crippen LogP contribution is 2.42. The van der Waals surface area contributed by atoms with Crippen molar-refractivity contribution in [3.63, 3.8) is 0 Å². The zero-order chi connectivity index (χ0) is 17.6. The summed E-state index contributed by atoms with van der Waals surface area (Å²) in [7, 11) is 1.86. The van der Waals surface area contributed by atoms with Gasteiger partial charge in [0, 0.05) is 25.7 Å². The van der Waals surface area contributed by atoms with E-state index in [0.29, 0.717) is 6.54 Å². The topological polar surface area (TPSA) is 54.2 Å². The lowest BCUT2D eigenvalue weighted by Crippen LogP contribution is -2.36. The van der Waals surface area contributed by atoms with Crippen LogP contribution in [0.15, 0.2) is 42.6 Å². The molecule has 3 aromatic rings. The van der Waals surface area contributed by atoms with E-state index in [0.717, 1.165) is 28.0 Å². The lowest BCUT2D eigenvalue weighted by atomic mass is 9.87. The van der Waals surface area contributed by atoms with Crippen LogP contribution >= 0.6 is 0 Å². The van der Waals surface area contributed by atoms with Crippen LogP contribution in [-0.2, 0) is 7.05 Å². The predicted octanol–water partition coefficient (Wildman–Crippen LogP) is 2.58. The number of hydrogen-bond acceptors (Lipinski definition) is 4. The first kappa shape index (κ1) is 16.0. The maximum absolute atomic E-state index is 15.5. The van der Waals surface area contributed by atoms with Gasteiger partial charge in [-0.15, -0.1) is 0 Å². The van der Waals surface area contributed by atoms with E-state index in [-0.39, 0.29) is 12.5 Å². The number of nitrogens with zero attached hydrogens (tertiary/aromatic N) is 4. The van der Waals surface area contributed by atoms with E-state index in [1.165, 1.54) is 0 Å². The summed E-state index contributed by atoms with van der Waals surface area (Å²) >= 11 is 0. The summed E-state index contributed by atoms with van der Waals surface area (Å²) in [6.45, 7) is 2.10. The fourth-order valence-electron chi connectivity index (χ4n) is 3.93. The Bertz CT molecular complexity index is 910. The number of alkyl halides is 1. The monoisotopic (exact) mass is 340 g/mol. The van der Waals surface area contributed by atoms with Crippen LogP contribution in [0.4, 0.5) is 10.1 Å². The van der Waals surface area contributed by atoms with Crippen molar-refractivity contribution in [2.24, 2.45) is 7.05 Å². The van der Waals surface area contributed by atoms with Crippen molar-refractivity contribution in [1.82, 2.24) is 14.8 Å². The number of fused-ring (bicyclic) bond motifs is 1. The highest BCUT2D eigenvalue weighted by Gasteiger charge is 2.48. The van der Waals surface area contributed by atoms with Crippen LogP contribution in [0.25, 0.3) is 11.0 Å². The highest BCUT2D eigenvalue weighted by molar-refractivity contribution is 5.92. The number of pyridine rings is 1. The Hall–Kier alpha value is -2.47. The molecule has 1 aliphatic heterocycles. The van der Waals surface area contributed by atoms with Crippen LogP contribution in [0.3, 0.4) is 0 Å². The minimum Gasteiger partial charge on any atom is -0.393 e. The van der Waals surface area contributed by atoms with Crippen LogP contribution in [0.2, 0.25) is 0 Å². The fraction of sp³-hybridized carbons (Fsp3) is 0.368. The number of aliphatic hydroxyl groups is 1. The Labute approximate surface area is 145 Å². The van der Waals surface area contributed by atoms with Crippen molar-refractivity contribution in [3.8, 4) is 0 Å². The number of rotatable bonds is 3.